The Bertz CT molecular complexity index is 1000. The molecule has 0 saturated carbocycles. The summed E-state index contributed by atoms with van der Waals surface area (Å²) < 4.78 is 12.3. The lowest BCUT2D eigenvalue weighted by molar-refractivity contribution is 0.0955. The number of methoxy groups -OCH3 is 2. The van der Waals surface area contributed by atoms with Crippen LogP contribution in [0.4, 0.5) is 0 Å². The zero-order chi connectivity index (χ0) is 20.6. The third-order valence-electron chi connectivity index (χ3n) is 4.04. The second-order valence-electron chi connectivity index (χ2n) is 6.02. The lowest BCUT2D eigenvalue weighted by atomic mass is 10.1. The summed E-state index contributed by atoms with van der Waals surface area (Å²) in [5.74, 6) is 1.68. The number of aromatic nitrogens is 3. The number of hydrogen-bond donors (Lipinski definition) is 1. The lowest BCUT2D eigenvalue weighted by Gasteiger charge is -2.07. The highest BCUT2D eigenvalue weighted by molar-refractivity contribution is 7.98. The number of ether oxygens (including phenoxy) is 2. The smallest absolute Gasteiger partial charge is 0.271 e. The number of nitrogens with one attached hydrogen (secondary N) is 1. The third-order valence-corrected chi connectivity index (χ3v) is 5.15. The van der Waals surface area contributed by atoms with Crippen molar-refractivity contribution in [3.05, 3.63) is 65.5 Å². The van der Waals surface area contributed by atoms with E-state index in [0.29, 0.717) is 17.1 Å². The summed E-state index contributed by atoms with van der Waals surface area (Å²) in [5, 5.41) is 12.7. The van der Waals surface area contributed by atoms with E-state index in [1.807, 2.05) is 29.8 Å². The van der Waals surface area contributed by atoms with Crippen molar-refractivity contribution in [3.8, 4) is 11.5 Å². The molecule has 1 amide bonds. The minimum atomic E-state index is -0.283. The molecule has 1 heterocycles. The summed E-state index contributed by atoms with van der Waals surface area (Å²) in [6.07, 6.45) is 3.21. The summed E-state index contributed by atoms with van der Waals surface area (Å²) in [4.78, 5) is 12.3. The van der Waals surface area contributed by atoms with E-state index in [-0.39, 0.29) is 5.91 Å². The predicted octanol–water partition coefficient (Wildman–Crippen LogP) is 2.89. The standard InChI is InChI=1S/C20H21N5O3S/c1-25-13-22-24-20(25)29-12-14-4-7-16(8-5-14)19(26)23-21-11-15-6-9-17(27-2)18(10-15)28-3/h4-11,13H,12H2,1-3H3,(H,23,26)/b21-11-. The molecule has 150 valence electrons. The van der Waals surface area contributed by atoms with Crippen molar-refractivity contribution >= 4 is 23.9 Å². The van der Waals surface area contributed by atoms with E-state index >= 15 is 0 Å². The van der Waals surface area contributed by atoms with E-state index in [9.17, 15) is 4.79 Å². The van der Waals surface area contributed by atoms with Gasteiger partial charge in [0, 0.05) is 18.4 Å². The van der Waals surface area contributed by atoms with Crippen molar-refractivity contribution in [1.82, 2.24) is 20.2 Å². The Balaban J connectivity index is 1.55. The van der Waals surface area contributed by atoms with Crippen LogP contribution in [0.15, 0.2) is 59.0 Å². The van der Waals surface area contributed by atoms with E-state index in [4.69, 9.17) is 9.47 Å². The monoisotopic (exact) mass is 411 g/mol. The first-order valence-corrected chi connectivity index (χ1v) is 9.70. The van der Waals surface area contributed by atoms with Gasteiger partial charge in [-0.05, 0) is 41.5 Å². The average Bonchev–Trinajstić information content (AvgIpc) is 3.17. The maximum Gasteiger partial charge on any atom is 0.271 e. The fraction of sp³-hybridized carbons (Fsp3) is 0.200. The van der Waals surface area contributed by atoms with Crippen molar-refractivity contribution in [2.45, 2.75) is 10.9 Å². The number of carbonyl (C=O) groups is 1. The van der Waals surface area contributed by atoms with Gasteiger partial charge in [-0.2, -0.15) is 5.10 Å². The van der Waals surface area contributed by atoms with Gasteiger partial charge in [0.05, 0.1) is 20.4 Å². The number of hydrazone groups is 1. The molecule has 0 saturated heterocycles. The Kier molecular flexibility index (Phi) is 6.85. The van der Waals surface area contributed by atoms with Crippen LogP contribution in [-0.2, 0) is 12.8 Å². The van der Waals surface area contributed by atoms with E-state index in [1.165, 1.54) is 0 Å². The van der Waals surface area contributed by atoms with Gasteiger partial charge in [-0.15, -0.1) is 10.2 Å². The van der Waals surface area contributed by atoms with Gasteiger partial charge >= 0.3 is 0 Å². The van der Waals surface area contributed by atoms with Gasteiger partial charge < -0.3 is 14.0 Å². The Labute approximate surface area is 172 Å². The average molecular weight is 411 g/mol. The SMILES string of the molecule is COc1ccc(/C=N\NC(=O)c2ccc(CSc3nncn3C)cc2)cc1OC. The predicted molar refractivity (Wildman–Crippen MR) is 112 cm³/mol. The Hall–Kier alpha value is -3.33. The van der Waals surface area contributed by atoms with Crippen LogP contribution in [0, 0.1) is 0 Å². The van der Waals surface area contributed by atoms with E-state index in [2.05, 4.69) is 20.7 Å². The zero-order valence-corrected chi connectivity index (χ0v) is 17.1. The van der Waals surface area contributed by atoms with Crippen molar-refractivity contribution in [2.75, 3.05) is 14.2 Å². The topological polar surface area (TPSA) is 90.6 Å². The molecule has 0 fully saturated rings. The molecule has 1 N–H and O–H groups in total. The summed E-state index contributed by atoms with van der Waals surface area (Å²) in [7, 11) is 5.04. The molecule has 0 aliphatic rings. The maximum absolute atomic E-state index is 12.3. The number of hydrogen-bond acceptors (Lipinski definition) is 7. The molecule has 8 nitrogen and oxygen atoms in total. The van der Waals surface area contributed by atoms with Gasteiger partial charge in [-0.3, -0.25) is 4.79 Å². The van der Waals surface area contributed by atoms with Crippen molar-refractivity contribution < 1.29 is 14.3 Å². The van der Waals surface area contributed by atoms with E-state index in [1.54, 1.807) is 62.8 Å². The molecule has 0 spiro atoms. The first-order chi connectivity index (χ1) is 14.1. The Morgan fingerprint density at radius 2 is 1.93 bits per heavy atom. The molecule has 0 aliphatic heterocycles. The maximum atomic E-state index is 12.3. The van der Waals surface area contributed by atoms with Crippen molar-refractivity contribution in [3.63, 3.8) is 0 Å². The molecule has 0 bridgehead atoms. The molecular weight excluding hydrogens is 390 g/mol. The summed E-state index contributed by atoms with van der Waals surface area (Å²) in [6, 6.07) is 12.7. The van der Waals surface area contributed by atoms with Crippen LogP contribution >= 0.6 is 11.8 Å². The van der Waals surface area contributed by atoms with Gasteiger partial charge in [0.15, 0.2) is 16.7 Å². The number of aryl methyl sites for hydroxylation is 1. The van der Waals surface area contributed by atoms with Gasteiger partial charge in [0.1, 0.15) is 6.33 Å². The van der Waals surface area contributed by atoms with Crippen LogP contribution in [0.3, 0.4) is 0 Å². The molecule has 2 aromatic carbocycles. The molecule has 3 rings (SSSR count). The molecule has 0 radical (unpaired) electrons. The normalized spacial score (nSPS) is 10.9. The van der Waals surface area contributed by atoms with Crippen molar-refractivity contribution in [1.29, 1.82) is 0 Å². The van der Waals surface area contributed by atoms with Crippen LogP contribution in [0.2, 0.25) is 0 Å². The van der Waals surface area contributed by atoms with Crippen LogP contribution in [-0.4, -0.2) is 41.1 Å². The minimum Gasteiger partial charge on any atom is -0.493 e. The molecule has 3 aromatic rings. The summed E-state index contributed by atoms with van der Waals surface area (Å²) in [5.41, 5.74) is 4.92. The molecule has 0 unspecified atom stereocenters. The minimum absolute atomic E-state index is 0.283. The van der Waals surface area contributed by atoms with Crippen LogP contribution < -0.4 is 14.9 Å². The number of nitrogens with zero attached hydrogens (tertiary/aromatic N) is 4. The zero-order valence-electron chi connectivity index (χ0n) is 16.3. The number of thioether (sulfide) groups is 1. The largest absolute Gasteiger partial charge is 0.493 e. The summed E-state index contributed by atoms with van der Waals surface area (Å²) in [6.45, 7) is 0. The number of carbonyl (C=O) groups excluding carboxylic acids is 1. The lowest BCUT2D eigenvalue weighted by Crippen LogP contribution is -2.17. The number of benzene rings is 2. The highest BCUT2D eigenvalue weighted by Crippen LogP contribution is 2.26. The molecule has 1 aromatic heterocycles. The third kappa shape index (κ3) is 5.35. The Morgan fingerprint density at radius 1 is 1.17 bits per heavy atom. The van der Waals surface area contributed by atoms with Crippen LogP contribution in [0.1, 0.15) is 21.5 Å². The number of amides is 1. The molecule has 9 heteroatoms. The first-order valence-electron chi connectivity index (χ1n) is 8.72. The molecular formula is C20H21N5O3S. The highest BCUT2D eigenvalue weighted by Gasteiger charge is 2.07. The fourth-order valence-corrected chi connectivity index (χ4v) is 3.31. The van der Waals surface area contributed by atoms with Gasteiger partial charge in [0.2, 0.25) is 0 Å². The fourth-order valence-electron chi connectivity index (χ4n) is 2.47. The second-order valence-corrected chi connectivity index (χ2v) is 6.97. The van der Waals surface area contributed by atoms with Crippen LogP contribution in [0.25, 0.3) is 0 Å². The molecule has 0 aliphatic carbocycles. The first kappa shape index (κ1) is 20.4. The molecule has 0 atom stereocenters. The van der Waals surface area contributed by atoms with Gasteiger partial charge in [0.25, 0.3) is 5.91 Å². The van der Waals surface area contributed by atoms with Gasteiger partial charge in [-0.1, -0.05) is 23.9 Å². The quantitative estimate of drug-likeness (QED) is 0.348. The highest BCUT2D eigenvalue weighted by atomic mass is 32.2. The van der Waals surface area contributed by atoms with Gasteiger partial charge in [-0.25, -0.2) is 5.43 Å². The Morgan fingerprint density at radius 3 is 2.59 bits per heavy atom. The van der Waals surface area contributed by atoms with Crippen LogP contribution in [0.5, 0.6) is 11.5 Å². The molecule has 29 heavy (non-hydrogen) atoms. The number of rotatable bonds is 8. The summed E-state index contributed by atoms with van der Waals surface area (Å²) >= 11 is 1.58. The van der Waals surface area contributed by atoms with E-state index in [0.717, 1.165) is 22.0 Å². The van der Waals surface area contributed by atoms with Crippen molar-refractivity contribution in [2.24, 2.45) is 12.1 Å². The second kappa shape index (κ2) is 9.74. The van der Waals surface area contributed by atoms with E-state index < -0.39 is 0 Å².